The van der Waals surface area contributed by atoms with Crippen molar-refractivity contribution < 1.29 is 4.79 Å². The molecule has 1 aromatic heterocycles. The fourth-order valence-electron chi connectivity index (χ4n) is 2.90. The van der Waals surface area contributed by atoms with Gasteiger partial charge in [0.05, 0.1) is 5.69 Å². The summed E-state index contributed by atoms with van der Waals surface area (Å²) in [5.41, 5.74) is 3.62. The number of anilines is 1. The maximum atomic E-state index is 12.2. The zero-order valence-corrected chi connectivity index (χ0v) is 13.5. The van der Waals surface area contributed by atoms with E-state index in [-0.39, 0.29) is 18.0 Å². The number of aryl methyl sites for hydroxylation is 2. The molecule has 0 bridgehead atoms. The summed E-state index contributed by atoms with van der Waals surface area (Å²) in [6, 6.07) is 9.19. The van der Waals surface area contributed by atoms with E-state index in [0.29, 0.717) is 5.92 Å². The molecule has 1 aromatic carbocycles. The maximum Gasteiger partial charge on any atom is 0.267 e. The Morgan fingerprint density at radius 1 is 1.35 bits per heavy atom. The lowest BCUT2D eigenvalue weighted by molar-refractivity contribution is -0.117. The third kappa shape index (κ3) is 3.67. The second kappa shape index (κ2) is 6.36. The van der Waals surface area contributed by atoms with Crippen LogP contribution in [0.2, 0.25) is 0 Å². The van der Waals surface area contributed by atoms with Gasteiger partial charge in [0.15, 0.2) is 0 Å². The van der Waals surface area contributed by atoms with Crippen LogP contribution in [0, 0.1) is 12.8 Å². The summed E-state index contributed by atoms with van der Waals surface area (Å²) in [5.74, 6) is 0.344. The maximum absolute atomic E-state index is 12.2. The zero-order valence-electron chi connectivity index (χ0n) is 13.5. The molecule has 1 atom stereocenters. The quantitative estimate of drug-likeness (QED) is 0.946. The second-order valence-corrected chi connectivity index (χ2v) is 6.37. The SMILES string of the molecule is Cc1ccc(NC(=O)Cn2nc3c(cc2=O)CC(C)CC3)cc1. The summed E-state index contributed by atoms with van der Waals surface area (Å²) in [6.45, 7) is 4.11. The molecule has 5 heteroatoms. The molecule has 0 saturated heterocycles. The van der Waals surface area contributed by atoms with Crippen molar-refractivity contribution in [2.45, 2.75) is 39.7 Å². The van der Waals surface area contributed by atoms with Gasteiger partial charge in [0.2, 0.25) is 5.91 Å². The molecule has 120 valence electrons. The molecule has 5 nitrogen and oxygen atoms in total. The van der Waals surface area contributed by atoms with E-state index in [1.165, 1.54) is 4.68 Å². The Hall–Kier alpha value is -2.43. The van der Waals surface area contributed by atoms with E-state index < -0.39 is 0 Å². The minimum Gasteiger partial charge on any atom is -0.324 e. The van der Waals surface area contributed by atoms with E-state index in [2.05, 4.69) is 17.3 Å². The highest BCUT2D eigenvalue weighted by Crippen LogP contribution is 2.22. The molecule has 0 aliphatic heterocycles. The lowest BCUT2D eigenvalue weighted by atomic mass is 9.88. The Morgan fingerprint density at radius 3 is 2.83 bits per heavy atom. The minimum absolute atomic E-state index is 0.0600. The molecule has 1 aliphatic rings. The van der Waals surface area contributed by atoms with E-state index in [1.807, 2.05) is 31.2 Å². The number of nitrogens with one attached hydrogen (secondary N) is 1. The standard InChI is InChI=1S/C18H21N3O2/c1-12-3-6-15(7-4-12)19-17(22)11-21-18(23)10-14-9-13(2)5-8-16(14)20-21/h3-4,6-7,10,13H,5,8-9,11H2,1-2H3,(H,19,22). The van der Waals surface area contributed by atoms with E-state index in [9.17, 15) is 9.59 Å². The molecular formula is C18H21N3O2. The van der Waals surface area contributed by atoms with Crippen LogP contribution in [-0.2, 0) is 24.2 Å². The monoisotopic (exact) mass is 311 g/mol. The molecule has 1 heterocycles. The largest absolute Gasteiger partial charge is 0.324 e. The van der Waals surface area contributed by atoms with Gasteiger partial charge in [-0.1, -0.05) is 24.6 Å². The van der Waals surface area contributed by atoms with Crippen molar-refractivity contribution in [1.82, 2.24) is 9.78 Å². The van der Waals surface area contributed by atoms with Gasteiger partial charge in [-0.05, 0) is 49.8 Å². The Bertz CT molecular complexity index is 778. The van der Waals surface area contributed by atoms with Gasteiger partial charge in [-0.2, -0.15) is 5.10 Å². The van der Waals surface area contributed by atoms with Crippen LogP contribution in [0.4, 0.5) is 5.69 Å². The first-order valence-corrected chi connectivity index (χ1v) is 7.97. The third-order valence-electron chi connectivity index (χ3n) is 4.24. The van der Waals surface area contributed by atoms with Gasteiger partial charge >= 0.3 is 0 Å². The first-order valence-electron chi connectivity index (χ1n) is 7.97. The molecule has 0 saturated carbocycles. The van der Waals surface area contributed by atoms with Gasteiger partial charge < -0.3 is 5.32 Å². The fraction of sp³-hybridized carbons (Fsp3) is 0.389. The predicted octanol–water partition coefficient (Wildman–Crippen LogP) is 2.32. The molecule has 0 fully saturated rings. The van der Waals surface area contributed by atoms with Crippen molar-refractivity contribution >= 4 is 11.6 Å². The van der Waals surface area contributed by atoms with Crippen molar-refractivity contribution in [3.8, 4) is 0 Å². The van der Waals surface area contributed by atoms with Crippen molar-refractivity contribution in [3.63, 3.8) is 0 Å². The van der Waals surface area contributed by atoms with Crippen LogP contribution in [0.3, 0.4) is 0 Å². The number of hydrogen-bond acceptors (Lipinski definition) is 3. The van der Waals surface area contributed by atoms with Crippen molar-refractivity contribution in [2.75, 3.05) is 5.32 Å². The second-order valence-electron chi connectivity index (χ2n) is 6.37. The van der Waals surface area contributed by atoms with E-state index in [0.717, 1.165) is 41.8 Å². The Labute approximate surface area is 135 Å². The lowest BCUT2D eigenvalue weighted by Crippen LogP contribution is -2.32. The number of nitrogens with zero attached hydrogens (tertiary/aromatic N) is 2. The van der Waals surface area contributed by atoms with E-state index in [1.54, 1.807) is 6.07 Å². The first-order chi connectivity index (χ1) is 11.0. The number of hydrogen-bond donors (Lipinski definition) is 1. The molecule has 2 aromatic rings. The molecule has 1 aliphatic carbocycles. The van der Waals surface area contributed by atoms with Gasteiger partial charge in [0.1, 0.15) is 6.54 Å². The molecule has 23 heavy (non-hydrogen) atoms. The van der Waals surface area contributed by atoms with Crippen LogP contribution in [-0.4, -0.2) is 15.7 Å². The lowest BCUT2D eigenvalue weighted by Gasteiger charge is -2.20. The first kappa shape index (κ1) is 15.5. The van der Waals surface area contributed by atoms with Crippen LogP contribution >= 0.6 is 0 Å². The minimum atomic E-state index is -0.243. The van der Waals surface area contributed by atoms with E-state index >= 15 is 0 Å². The van der Waals surface area contributed by atoms with Crippen molar-refractivity contribution in [1.29, 1.82) is 0 Å². The Balaban J connectivity index is 1.73. The smallest absolute Gasteiger partial charge is 0.267 e. The van der Waals surface area contributed by atoms with Crippen LogP contribution < -0.4 is 10.9 Å². The van der Waals surface area contributed by atoms with Crippen LogP contribution in [0.5, 0.6) is 0 Å². The summed E-state index contributed by atoms with van der Waals surface area (Å²) in [5, 5.41) is 7.18. The summed E-state index contributed by atoms with van der Waals surface area (Å²) in [7, 11) is 0. The zero-order chi connectivity index (χ0) is 16.4. The van der Waals surface area contributed by atoms with Gasteiger partial charge in [0.25, 0.3) is 5.56 Å². The van der Waals surface area contributed by atoms with E-state index in [4.69, 9.17) is 0 Å². The molecule has 0 radical (unpaired) electrons. The van der Waals surface area contributed by atoms with Gasteiger partial charge in [-0.25, -0.2) is 4.68 Å². The van der Waals surface area contributed by atoms with Crippen molar-refractivity contribution in [3.05, 3.63) is 57.5 Å². The average Bonchev–Trinajstić information content (AvgIpc) is 2.50. The summed E-state index contributed by atoms with van der Waals surface area (Å²) >= 11 is 0. The topological polar surface area (TPSA) is 64.0 Å². The highest BCUT2D eigenvalue weighted by atomic mass is 16.2. The molecule has 1 amide bonds. The normalized spacial score (nSPS) is 16.7. The predicted molar refractivity (Wildman–Crippen MR) is 89.5 cm³/mol. The highest BCUT2D eigenvalue weighted by molar-refractivity contribution is 5.90. The summed E-state index contributed by atoms with van der Waals surface area (Å²) < 4.78 is 1.26. The highest BCUT2D eigenvalue weighted by Gasteiger charge is 2.18. The number of fused-ring (bicyclic) bond motifs is 1. The fourth-order valence-corrected chi connectivity index (χ4v) is 2.90. The summed E-state index contributed by atoms with van der Waals surface area (Å²) in [6.07, 6.45) is 2.85. The van der Waals surface area contributed by atoms with Gasteiger partial charge in [-0.3, -0.25) is 9.59 Å². The molecule has 3 rings (SSSR count). The number of amides is 1. The number of rotatable bonds is 3. The van der Waals surface area contributed by atoms with Gasteiger partial charge in [0, 0.05) is 11.8 Å². The molecular weight excluding hydrogens is 290 g/mol. The Kier molecular flexibility index (Phi) is 4.28. The molecule has 0 spiro atoms. The number of carbonyl (C=O) groups excluding carboxylic acids is 1. The van der Waals surface area contributed by atoms with Crippen LogP contribution in [0.15, 0.2) is 35.1 Å². The van der Waals surface area contributed by atoms with Crippen LogP contribution in [0.1, 0.15) is 30.2 Å². The summed E-state index contributed by atoms with van der Waals surface area (Å²) in [4.78, 5) is 24.3. The van der Waals surface area contributed by atoms with Gasteiger partial charge in [-0.15, -0.1) is 0 Å². The van der Waals surface area contributed by atoms with Crippen LogP contribution in [0.25, 0.3) is 0 Å². The third-order valence-corrected chi connectivity index (χ3v) is 4.24. The Morgan fingerprint density at radius 2 is 2.09 bits per heavy atom. The number of carbonyl (C=O) groups is 1. The molecule has 1 unspecified atom stereocenters. The number of benzene rings is 1. The molecule has 1 N–H and O–H groups in total. The number of aromatic nitrogens is 2. The average molecular weight is 311 g/mol. The van der Waals surface area contributed by atoms with Crippen molar-refractivity contribution in [2.24, 2.45) is 5.92 Å².